The van der Waals surface area contributed by atoms with E-state index in [0.29, 0.717) is 5.76 Å². The molecule has 13 heavy (non-hydrogen) atoms. The van der Waals surface area contributed by atoms with Crippen molar-refractivity contribution in [1.82, 2.24) is 0 Å². The van der Waals surface area contributed by atoms with Gasteiger partial charge in [0, 0.05) is 0 Å². The number of aryl methyl sites for hydroxylation is 1. The molecule has 0 spiro atoms. The first-order chi connectivity index (χ1) is 5.88. The van der Waals surface area contributed by atoms with Crippen LogP contribution in [-0.2, 0) is 4.43 Å². The molecule has 0 aliphatic heterocycles. The monoisotopic (exact) mass is 196 g/mol. The van der Waals surface area contributed by atoms with Crippen LogP contribution >= 0.6 is 0 Å². The first-order valence-electron chi connectivity index (χ1n) is 4.33. The topological polar surface area (TPSA) is 22.4 Å². The largest absolute Gasteiger partial charge is 0.542 e. The van der Waals surface area contributed by atoms with Crippen LogP contribution in [0.25, 0.3) is 5.76 Å². The Morgan fingerprint density at radius 3 is 2.38 bits per heavy atom. The zero-order chi connectivity index (χ0) is 10.1. The molecule has 0 amide bonds. The molecule has 72 valence electrons. The van der Waals surface area contributed by atoms with Crippen molar-refractivity contribution in [2.45, 2.75) is 26.6 Å². The molecule has 0 bridgehead atoms. The molecular formula is C10H16O2Si. The molecule has 2 nitrogen and oxygen atoms in total. The van der Waals surface area contributed by atoms with Crippen LogP contribution in [0, 0.1) is 6.92 Å². The van der Waals surface area contributed by atoms with Crippen molar-refractivity contribution in [3.05, 3.63) is 30.2 Å². The van der Waals surface area contributed by atoms with Crippen LogP contribution in [0.15, 0.2) is 23.1 Å². The fraction of sp³-hybridized carbons (Fsp3) is 0.400. The number of hydrogen-bond donors (Lipinski definition) is 0. The predicted octanol–water partition coefficient (Wildman–Crippen LogP) is 3.41. The van der Waals surface area contributed by atoms with Gasteiger partial charge in [-0.1, -0.05) is 6.58 Å². The molecule has 0 aromatic carbocycles. The Labute approximate surface area is 80.3 Å². The summed E-state index contributed by atoms with van der Waals surface area (Å²) in [7, 11) is -1.55. The lowest BCUT2D eigenvalue weighted by Gasteiger charge is -2.19. The number of hydrogen-bond acceptors (Lipinski definition) is 2. The Kier molecular flexibility index (Phi) is 2.66. The molecule has 0 aliphatic carbocycles. The average molecular weight is 196 g/mol. The van der Waals surface area contributed by atoms with E-state index in [9.17, 15) is 0 Å². The van der Waals surface area contributed by atoms with E-state index in [-0.39, 0.29) is 0 Å². The first-order valence-corrected chi connectivity index (χ1v) is 7.74. The maximum absolute atomic E-state index is 5.69. The molecule has 1 heterocycles. The average Bonchev–Trinajstić information content (AvgIpc) is 2.31. The van der Waals surface area contributed by atoms with Crippen molar-refractivity contribution in [2.24, 2.45) is 0 Å². The molecule has 1 aromatic rings. The summed E-state index contributed by atoms with van der Waals surface area (Å²) in [6.07, 6.45) is 0. The van der Waals surface area contributed by atoms with E-state index < -0.39 is 8.32 Å². The van der Waals surface area contributed by atoms with Gasteiger partial charge in [-0.3, -0.25) is 0 Å². The zero-order valence-corrected chi connectivity index (χ0v) is 9.68. The second-order valence-electron chi connectivity index (χ2n) is 4.05. The second kappa shape index (κ2) is 3.42. The normalized spacial score (nSPS) is 11.4. The van der Waals surface area contributed by atoms with Gasteiger partial charge >= 0.3 is 0 Å². The first kappa shape index (κ1) is 10.1. The Balaban J connectivity index is 2.70. The Bertz CT molecular complexity index is 307. The predicted molar refractivity (Wildman–Crippen MR) is 56.9 cm³/mol. The Morgan fingerprint density at radius 1 is 1.38 bits per heavy atom. The van der Waals surface area contributed by atoms with Gasteiger partial charge in [-0.2, -0.15) is 0 Å². The standard InChI is InChI=1S/C10H16O2Si/c1-8-6-7-10(11-8)9(2)12-13(3,4)5/h6-7H,2H2,1,3-5H3. The molecule has 1 rings (SSSR count). The summed E-state index contributed by atoms with van der Waals surface area (Å²) < 4.78 is 11.1. The van der Waals surface area contributed by atoms with Gasteiger partial charge in [0.25, 0.3) is 0 Å². The highest BCUT2D eigenvalue weighted by Crippen LogP contribution is 2.20. The fourth-order valence-electron chi connectivity index (χ4n) is 1.00. The lowest BCUT2D eigenvalue weighted by molar-refractivity contribution is 0.454. The molecule has 3 heteroatoms. The minimum absolute atomic E-state index is 0.646. The maximum atomic E-state index is 5.69. The summed E-state index contributed by atoms with van der Waals surface area (Å²) in [4.78, 5) is 0. The van der Waals surface area contributed by atoms with E-state index in [0.717, 1.165) is 11.5 Å². The highest BCUT2D eigenvalue weighted by Gasteiger charge is 2.18. The highest BCUT2D eigenvalue weighted by atomic mass is 28.4. The molecule has 0 saturated heterocycles. The van der Waals surface area contributed by atoms with Gasteiger partial charge in [0.15, 0.2) is 5.76 Å². The van der Waals surface area contributed by atoms with Gasteiger partial charge in [-0.15, -0.1) is 0 Å². The summed E-state index contributed by atoms with van der Waals surface area (Å²) in [6.45, 7) is 12.1. The number of furan rings is 1. The third-order valence-electron chi connectivity index (χ3n) is 1.44. The van der Waals surface area contributed by atoms with Crippen LogP contribution in [0.4, 0.5) is 0 Å². The van der Waals surface area contributed by atoms with Crippen LogP contribution < -0.4 is 0 Å². The summed E-state index contributed by atoms with van der Waals surface area (Å²) in [6, 6.07) is 3.80. The van der Waals surface area contributed by atoms with Crippen LogP contribution in [0.1, 0.15) is 11.5 Å². The van der Waals surface area contributed by atoms with E-state index in [4.69, 9.17) is 8.84 Å². The van der Waals surface area contributed by atoms with E-state index in [2.05, 4.69) is 26.2 Å². The van der Waals surface area contributed by atoms with E-state index in [1.807, 2.05) is 19.1 Å². The minimum Gasteiger partial charge on any atom is -0.542 e. The van der Waals surface area contributed by atoms with E-state index >= 15 is 0 Å². The lowest BCUT2D eigenvalue weighted by Crippen LogP contribution is -2.23. The Morgan fingerprint density at radius 2 is 2.00 bits per heavy atom. The lowest BCUT2D eigenvalue weighted by atomic mass is 10.4. The molecule has 0 radical (unpaired) electrons. The van der Waals surface area contributed by atoms with Crippen LogP contribution in [0.3, 0.4) is 0 Å². The van der Waals surface area contributed by atoms with Gasteiger partial charge in [0.05, 0.1) is 0 Å². The number of rotatable bonds is 3. The molecule has 0 N–H and O–H groups in total. The molecule has 1 aromatic heterocycles. The third-order valence-corrected chi connectivity index (χ3v) is 2.30. The smallest absolute Gasteiger partial charge is 0.242 e. The molecule has 0 fully saturated rings. The van der Waals surface area contributed by atoms with Crippen LogP contribution in [-0.4, -0.2) is 8.32 Å². The molecular weight excluding hydrogens is 180 g/mol. The molecule has 0 saturated carbocycles. The summed E-state index contributed by atoms with van der Waals surface area (Å²) in [5.74, 6) is 2.27. The van der Waals surface area contributed by atoms with Crippen molar-refractivity contribution < 1.29 is 8.84 Å². The highest BCUT2D eigenvalue weighted by molar-refractivity contribution is 6.70. The van der Waals surface area contributed by atoms with Crippen LogP contribution in [0.5, 0.6) is 0 Å². The molecule has 0 aliphatic rings. The molecule has 0 unspecified atom stereocenters. The van der Waals surface area contributed by atoms with Gasteiger partial charge in [0.2, 0.25) is 8.32 Å². The third kappa shape index (κ3) is 3.11. The van der Waals surface area contributed by atoms with E-state index in [1.165, 1.54) is 0 Å². The summed E-state index contributed by atoms with van der Waals surface area (Å²) >= 11 is 0. The maximum Gasteiger partial charge on any atom is 0.242 e. The van der Waals surface area contributed by atoms with Crippen molar-refractivity contribution in [3.63, 3.8) is 0 Å². The SMILES string of the molecule is C=C(O[Si](C)(C)C)c1ccc(C)o1. The quantitative estimate of drug-likeness (QED) is 0.546. The zero-order valence-electron chi connectivity index (χ0n) is 8.68. The van der Waals surface area contributed by atoms with Crippen molar-refractivity contribution in [2.75, 3.05) is 0 Å². The second-order valence-corrected chi connectivity index (χ2v) is 8.48. The van der Waals surface area contributed by atoms with Gasteiger partial charge in [-0.05, 0) is 38.7 Å². The summed E-state index contributed by atoms with van der Waals surface area (Å²) in [5.41, 5.74) is 0. The van der Waals surface area contributed by atoms with Gasteiger partial charge in [0.1, 0.15) is 11.5 Å². The van der Waals surface area contributed by atoms with Gasteiger partial charge in [-0.25, -0.2) is 0 Å². The van der Waals surface area contributed by atoms with Gasteiger partial charge < -0.3 is 8.84 Å². The van der Waals surface area contributed by atoms with E-state index in [1.54, 1.807) is 0 Å². The summed E-state index contributed by atoms with van der Waals surface area (Å²) in [5, 5.41) is 0. The van der Waals surface area contributed by atoms with Crippen molar-refractivity contribution in [3.8, 4) is 0 Å². The van der Waals surface area contributed by atoms with Crippen molar-refractivity contribution >= 4 is 14.1 Å². The molecule has 0 atom stereocenters. The Hall–Kier alpha value is -0.963. The van der Waals surface area contributed by atoms with Crippen LogP contribution in [0.2, 0.25) is 19.6 Å². The minimum atomic E-state index is -1.55. The fourth-order valence-corrected chi connectivity index (χ4v) is 1.84. The van der Waals surface area contributed by atoms with Crippen molar-refractivity contribution in [1.29, 1.82) is 0 Å².